The van der Waals surface area contributed by atoms with Gasteiger partial charge in [-0.3, -0.25) is 0 Å². The molecule has 0 aromatic carbocycles. The molecule has 0 saturated heterocycles. The van der Waals surface area contributed by atoms with Crippen LogP contribution in [0.3, 0.4) is 0 Å². The van der Waals surface area contributed by atoms with Crippen LogP contribution in [0.2, 0.25) is 0 Å². The van der Waals surface area contributed by atoms with Gasteiger partial charge < -0.3 is 10.6 Å². The Bertz CT molecular complexity index is 47.8. The summed E-state index contributed by atoms with van der Waals surface area (Å²) in [6.45, 7) is 9.58. The molecule has 0 atom stereocenters. The second-order valence-corrected chi connectivity index (χ2v) is 2.56. The van der Waals surface area contributed by atoms with Gasteiger partial charge in [0.05, 0.1) is 0 Å². The first-order valence-corrected chi connectivity index (χ1v) is 5.27. The number of unbranched alkanes of at least 4 members (excludes halogenated alkanes) is 2. The van der Waals surface area contributed by atoms with E-state index in [1.54, 1.807) is 0 Å². The highest BCUT2D eigenvalue weighted by Gasteiger charge is 1.84. The third-order valence-corrected chi connectivity index (χ3v) is 1.51. The Labute approximate surface area is 78.1 Å². The van der Waals surface area contributed by atoms with Crippen LogP contribution in [-0.2, 0) is 0 Å². The summed E-state index contributed by atoms with van der Waals surface area (Å²) in [5.41, 5.74) is 0. The predicted molar refractivity (Wildman–Crippen MR) is 57.7 cm³/mol. The molecule has 0 aliphatic heterocycles. The van der Waals surface area contributed by atoms with Crippen LogP contribution in [0.15, 0.2) is 0 Å². The minimum Gasteiger partial charge on any atom is -0.318 e. The van der Waals surface area contributed by atoms with Gasteiger partial charge in [0.25, 0.3) is 0 Å². The summed E-state index contributed by atoms with van der Waals surface area (Å²) >= 11 is 0. The molecule has 76 valence electrons. The van der Waals surface area contributed by atoms with Crippen LogP contribution in [0, 0.1) is 0 Å². The molecule has 0 fully saturated rings. The zero-order valence-corrected chi connectivity index (χ0v) is 9.24. The standard InChI is InChI=1S/C8H20N2.C2H6/c1-3-4-5-6-10-8-7-9-2;1-2/h9-10H,3-8H2,1-2H3;1-2H3. The van der Waals surface area contributed by atoms with Crippen LogP contribution in [-0.4, -0.2) is 26.7 Å². The highest BCUT2D eigenvalue weighted by atomic mass is 14.9. The lowest BCUT2D eigenvalue weighted by atomic mass is 10.2. The minimum absolute atomic E-state index is 1.08. The average Bonchev–Trinajstić information content (AvgIpc) is 2.15. The summed E-state index contributed by atoms with van der Waals surface area (Å²) in [7, 11) is 1.98. The van der Waals surface area contributed by atoms with Gasteiger partial charge in [-0.15, -0.1) is 0 Å². The molecule has 0 aromatic heterocycles. The second-order valence-electron chi connectivity index (χ2n) is 2.56. The molecule has 0 rings (SSSR count). The third-order valence-electron chi connectivity index (χ3n) is 1.51. The smallest absolute Gasteiger partial charge is 0.00766 e. The maximum absolute atomic E-state index is 3.36. The quantitative estimate of drug-likeness (QED) is 0.577. The van der Waals surface area contributed by atoms with E-state index in [2.05, 4.69) is 17.6 Å². The molecule has 0 aromatic rings. The Morgan fingerprint density at radius 3 is 2.08 bits per heavy atom. The molecule has 0 radical (unpaired) electrons. The third kappa shape index (κ3) is 16.5. The van der Waals surface area contributed by atoms with E-state index in [1.807, 2.05) is 20.9 Å². The first-order valence-electron chi connectivity index (χ1n) is 5.27. The van der Waals surface area contributed by atoms with Crippen molar-refractivity contribution in [3.8, 4) is 0 Å². The molecule has 0 saturated carbocycles. The first kappa shape index (κ1) is 14.4. The molecule has 0 aliphatic carbocycles. The Kier molecular flexibility index (Phi) is 20.6. The molecule has 2 heteroatoms. The molecule has 0 amide bonds. The van der Waals surface area contributed by atoms with Gasteiger partial charge in [0.1, 0.15) is 0 Å². The zero-order chi connectivity index (χ0) is 9.66. The molecule has 2 nitrogen and oxygen atoms in total. The largest absolute Gasteiger partial charge is 0.318 e. The van der Waals surface area contributed by atoms with Crippen LogP contribution < -0.4 is 10.6 Å². The molecular weight excluding hydrogens is 148 g/mol. The monoisotopic (exact) mass is 174 g/mol. The summed E-state index contributed by atoms with van der Waals surface area (Å²) in [5.74, 6) is 0. The van der Waals surface area contributed by atoms with Crippen LogP contribution >= 0.6 is 0 Å². The first-order chi connectivity index (χ1) is 5.91. The van der Waals surface area contributed by atoms with E-state index in [9.17, 15) is 0 Å². The summed E-state index contributed by atoms with van der Waals surface area (Å²) in [4.78, 5) is 0. The van der Waals surface area contributed by atoms with Crippen molar-refractivity contribution in [3.05, 3.63) is 0 Å². The van der Waals surface area contributed by atoms with Crippen molar-refractivity contribution in [2.24, 2.45) is 0 Å². The van der Waals surface area contributed by atoms with Crippen LogP contribution in [0.25, 0.3) is 0 Å². The topological polar surface area (TPSA) is 24.1 Å². The normalized spacial score (nSPS) is 9.00. The lowest BCUT2D eigenvalue weighted by Crippen LogP contribution is -2.25. The molecule has 12 heavy (non-hydrogen) atoms. The van der Waals surface area contributed by atoms with Gasteiger partial charge in [0.2, 0.25) is 0 Å². The van der Waals surface area contributed by atoms with Crippen molar-refractivity contribution < 1.29 is 0 Å². The van der Waals surface area contributed by atoms with Gasteiger partial charge in [0, 0.05) is 13.1 Å². The van der Waals surface area contributed by atoms with E-state index in [-0.39, 0.29) is 0 Å². The molecule has 0 spiro atoms. The molecule has 2 N–H and O–H groups in total. The van der Waals surface area contributed by atoms with Crippen molar-refractivity contribution >= 4 is 0 Å². The minimum atomic E-state index is 1.08. The lowest BCUT2D eigenvalue weighted by molar-refractivity contribution is 0.602. The van der Waals surface area contributed by atoms with Crippen molar-refractivity contribution in [1.29, 1.82) is 0 Å². The van der Waals surface area contributed by atoms with Crippen LogP contribution in [0.5, 0.6) is 0 Å². The van der Waals surface area contributed by atoms with Gasteiger partial charge in [-0.1, -0.05) is 33.6 Å². The Morgan fingerprint density at radius 1 is 0.917 bits per heavy atom. The lowest BCUT2D eigenvalue weighted by Gasteiger charge is -2.02. The fourth-order valence-corrected chi connectivity index (χ4v) is 0.838. The zero-order valence-electron chi connectivity index (χ0n) is 9.24. The Balaban J connectivity index is 0. The highest BCUT2D eigenvalue weighted by Crippen LogP contribution is 1.90. The van der Waals surface area contributed by atoms with Gasteiger partial charge in [-0.25, -0.2) is 0 Å². The molecule has 0 bridgehead atoms. The fraction of sp³-hybridized carbons (Fsp3) is 1.00. The van der Waals surface area contributed by atoms with Gasteiger partial charge >= 0.3 is 0 Å². The number of nitrogens with one attached hydrogen (secondary N) is 2. The molecule has 0 unspecified atom stereocenters. The van der Waals surface area contributed by atoms with Crippen LogP contribution in [0.1, 0.15) is 40.0 Å². The van der Waals surface area contributed by atoms with E-state index in [0.29, 0.717) is 0 Å². The number of hydrogen-bond acceptors (Lipinski definition) is 2. The predicted octanol–water partition coefficient (Wildman–Crippen LogP) is 2.01. The molecule has 0 aliphatic rings. The highest BCUT2D eigenvalue weighted by molar-refractivity contribution is 4.48. The maximum Gasteiger partial charge on any atom is 0.00766 e. The summed E-state index contributed by atoms with van der Waals surface area (Å²) in [5, 5.41) is 6.45. The van der Waals surface area contributed by atoms with Gasteiger partial charge in [-0.2, -0.15) is 0 Å². The molecule has 0 heterocycles. The van der Waals surface area contributed by atoms with Gasteiger partial charge in [-0.05, 0) is 20.0 Å². The van der Waals surface area contributed by atoms with Crippen molar-refractivity contribution in [3.63, 3.8) is 0 Å². The van der Waals surface area contributed by atoms with Crippen molar-refractivity contribution in [2.75, 3.05) is 26.7 Å². The van der Waals surface area contributed by atoms with E-state index >= 15 is 0 Å². The maximum atomic E-state index is 3.36. The number of likely N-dealkylation sites (N-methyl/N-ethyl adjacent to an activating group) is 1. The van der Waals surface area contributed by atoms with Crippen molar-refractivity contribution in [2.45, 2.75) is 40.0 Å². The van der Waals surface area contributed by atoms with Crippen LogP contribution in [0.4, 0.5) is 0 Å². The van der Waals surface area contributed by atoms with Gasteiger partial charge in [0.15, 0.2) is 0 Å². The Morgan fingerprint density at radius 2 is 1.58 bits per heavy atom. The van der Waals surface area contributed by atoms with E-state index < -0.39 is 0 Å². The average molecular weight is 174 g/mol. The SMILES string of the molecule is CC.CCCCCNCCNC. The van der Waals surface area contributed by atoms with E-state index in [0.717, 1.165) is 13.1 Å². The van der Waals surface area contributed by atoms with E-state index in [4.69, 9.17) is 0 Å². The number of rotatable bonds is 7. The van der Waals surface area contributed by atoms with Crippen molar-refractivity contribution in [1.82, 2.24) is 10.6 Å². The fourth-order valence-electron chi connectivity index (χ4n) is 0.838. The summed E-state index contributed by atoms with van der Waals surface area (Å²) in [6, 6.07) is 0. The summed E-state index contributed by atoms with van der Waals surface area (Å²) in [6.07, 6.45) is 3.99. The summed E-state index contributed by atoms with van der Waals surface area (Å²) < 4.78 is 0. The van der Waals surface area contributed by atoms with E-state index in [1.165, 1.54) is 25.8 Å². The second kappa shape index (κ2) is 17.1. The molecular formula is C10H26N2. The number of hydrogen-bond donors (Lipinski definition) is 2. The Hall–Kier alpha value is -0.0800.